The highest BCUT2D eigenvalue weighted by molar-refractivity contribution is 6.35. The van der Waals surface area contributed by atoms with E-state index in [-0.39, 0.29) is 12.5 Å². The van der Waals surface area contributed by atoms with Crippen molar-refractivity contribution >= 4 is 35.3 Å². The molecule has 7 heteroatoms. The molecule has 0 bridgehead atoms. The van der Waals surface area contributed by atoms with Gasteiger partial charge in [0.05, 0.1) is 7.11 Å². The Bertz CT molecular complexity index is 573. The molecule has 126 valence electrons. The molecule has 1 saturated carbocycles. The van der Waals surface area contributed by atoms with E-state index in [1.165, 1.54) is 7.11 Å². The number of carbonyl (C=O) groups is 2. The van der Waals surface area contributed by atoms with Gasteiger partial charge in [-0.3, -0.25) is 0 Å². The molecule has 23 heavy (non-hydrogen) atoms. The molecule has 1 aliphatic carbocycles. The Kier molecular flexibility index (Phi) is 6.54. The Morgan fingerprint density at radius 1 is 1.30 bits per heavy atom. The molecular weight excluding hydrogens is 341 g/mol. The molecule has 5 nitrogen and oxygen atoms in total. The Balaban J connectivity index is 2.01. The second-order valence-corrected chi connectivity index (χ2v) is 6.32. The molecular formula is C16H19Cl2NO4. The van der Waals surface area contributed by atoms with Gasteiger partial charge in [0, 0.05) is 16.5 Å². The maximum Gasteiger partial charge on any atom is 0.408 e. The van der Waals surface area contributed by atoms with Crippen molar-refractivity contribution in [2.24, 2.45) is 0 Å². The van der Waals surface area contributed by atoms with Crippen molar-refractivity contribution in [1.29, 1.82) is 0 Å². The van der Waals surface area contributed by atoms with Crippen LogP contribution in [0.4, 0.5) is 4.79 Å². The van der Waals surface area contributed by atoms with Gasteiger partial charge in [0.1, 0.15) is 12.1 Å². The summed E-state index contributed by atoms with van der Waals surface area (Å²) >= 11 is 12.0. The van der Waals surface area contributed by atoms with Crippen LogP contribution in [0.15, 0.2) is 18.2 Å². The van der Waals surface area contributed by atoms with Crippen molar-refractivity contribution in [2.75, 3.05) is 7.11 Å². The number of amides is 1. The molecule has 0 heterocycles. The molecule has 1 aromatic rings. The lowest BCUT2D eigenvalue weighted by atomic mass is 10.1. The number of esters is 1. The molecule has 1 fully saturated rings. The average Bonchev–Trinajstić information content (AvgIpc) is 3.01. The number of hydrogen-bond donors (Lipinski definition) is 1. The number of halogens is 2. The second kappa shape index (κ2) is 8.41. The van der Waals surface area contributed by atoms with Crippen LogP contribution in [0, 0.1) is 0 Å². The number of nitrogens with one attached hydrogen (secondary N) is 1. The molecule has 0 saturated heterocycles. The summed E-state index contributed by atoms with van der Waals surface area (Å²) in [6.45, 7) is 0. The Morgan fingerprint density at radius 2 is 2.00 bits per heavy atom. The fraction of sp³-hybridized carbons (Fsp3) is 0.500. The summed E-state index contributed by atoms with van der Waals surface area (Å²) in [5, 5.41) is 3.49. The van der Waals surface area contributed by atoms with Crippen LogP contribution >= 0.6 is 23.2 Å². The van der Waals surface area contributed by atoms with E-state index >= 15 is 0 Å². The number of ether oxygens (including phenoxy) is 2. The monoisotopic (exact) mass is 359 g/mol. The van der Waals surface area contributed by atoms with Crippen molar-refractivity contribution in [2.45, 2.75) is 44.2 Å². The Hall–Kier alpha value is -1.46. The summed E-state index contributed by atoms with van der Waals surface area (Å²) in [7, 11) is 1.27. The standard InChI is InChI=1S/C16H19Cl2NO4/c1-22-15(20)14(8-10-6-7-11(17)9-13(10)18)19-16(21)23-12-4-2-3-5-12/h6-7,9,12,14H,2-5,8H2,1H3,(H,19,21)/t14-/m1/s1. The van der Waals surface area contributed by atoms with E-state index in [2.05, 4.69) is 5.32 Å². The third-order valence-electron chi connectivity index (χ3n) is 3.79. The quantitative estimate of drug-likeness (QED) is 0.813. The van der Waals surface area contributed by atoms with E-state index < -0.39 is 18.1 Å². The van der Waals surface area contributed by atoms with Crippen LogP contribution in [0.2, 0.25) is 10.0 Å². The first kappa shape index (κ1) is 17.9. The molecule has 1 amide bonds. The van der Waals surface area contributed by atoms with Gasteiger partial charge in [-0.25, -0.2) is 9.59 Å². The molecule has 0 spiro atoms. The van der Waals surface area contributed by atoms with Crippen molar-refractivity contribution in [3.63, 3.8) is 0 Å². The lowest BCUT2D eigenvalue weighted by molar-refractivity contribution is -0.143. The van der Waals surface area contributed by atoms with Gasteiger partial charge in [0.25, 0.3) is 0 Å². The SMILES string of the molecule is COC(=O)[C@@H](Cc1ccc(Cl)cc1Cl)NC(=O)OC1CCCC1. The summed E-state index contributed by atoms with van der Waals surface area (Å²) in [6.07, 6.45) is 3.34. The zero-order valence-electron chi connectivity index (χ0n) is 12.8. The van der Waals surface area contributed by atoms with Crippen LogP contribution in [0.1, 0.15) is 31.2 Å². The van der Waals surface area contributed by atoms with Crippen LogP contribution in [0.25, 0.3) is 0 Å². The predicted octanol–water partition coefficient (Wildman–Crippen LogP) is 3.75. The highest BCUT2D eigenvalue weighted by Crippen LogP contribution is 2.23. The normalized spacial score (nSPS) is 16.0. The molecule has 1 aromatic carbocycles. The second-order valence-electron chi connectivity index (χ2n) is 5.47. The fourth-order valence-electron chi connectivity index (χ4n) is 2.58. The topological polar surface area (TPSA) is 64.6 Å². The predicted molar refractivity (Wildman–Crippen MR) is 87.8 cm³/mol. The lowest BCUT2D eigenvalue weighted by Gasteiger charge is -2.19. The first-order valence-electron chi connectivity index (χ1n) is 7.48. The maximum absolute atomic E-state index is 12.0. The van der Waals surface area contributed by atoms with E-state index in [0.717, 1.165) is 25.7 Å². The molecule has 1 aliphatic rings. The highest BCUT2D eigenvalue weighted by atomic mass is 35.5. The Labute approximate surface area is 145 Å². The summed E-state index contributed by atoms with van der Waals surface area (Å²) < 4.78 is 10.1. The van der Waals surface area contributed by atoms with Crippen molar-refractivity contribution < 1.29 is 19.1 Å². The molecule has 0 radical (unpaired) electrons. The van der Waals surface area contributed by atoms with Crippen molar-refractivity contribution in [1.82, 2.24) is 5.32 Å². The van der Waals surface area contributed by atoms with Gasteiger partial charge in [-0.05, 0) is 43.4 Å². The number of methoxy groups -OCH3 is 1. The van der Waals surface area contributed by atoms with Gasteiger partial charge in [0.15, 0.2) is 0 Å². The van der Waals surface area contributed by atoms with Gasteiger partial charge in [-0.2, -0.15) is 0 Å². The van der Waals surface area contributed by atoms with Crippen LogP contribution < -0.4 is 5.32 Å². The van der Waals surface area contributed by atoms with Crippen molar-refractivity contribution in [3.8, 4) is 0 Å². The minimum Gasteiger partial charge on any atom is -0.467 e. The van der Waals surface area contributed by atoms with Gasteiger partial charge in [0.2, 0.25) is 0 Å². The summed E-state index contributed by atoms with van der Waals surface area (Å²) in [5.41, 5.74) is 0.688. The van der Waals surface area contributed by atoms with Gasteiger partial charge in [-0.15, -0.1) is 0 Å². The third-order valence-corrected chi connectivity index (χ3v) is 4.38. The van der Waals surface area contributed by atoms with E-state index in [4.69, 9.17) is 32.7 Å². The van der Waals surface area contributed by atoms with Crippen LogP contribution in [-0.4, -0.2) is 31.3 Å². The minimum absolute atomic E-state index is 0.0765. The molecule has 2 rings (SSSR count). The molecule has 0 aromatic heterocycles. The smallest absolute Gasteiger partial charge is 0.408 e. The fourth-order valence-corrected chi connectivity index (χ4v) is 3.06. The van der Waals surface area contributed by atoms with Crippen molar-refractivity contribution in [3.05, 3.63) is 33.8 Å². The molecule has 0 unspecified atom stereocenters. The number of carbonyl (C=O) groups excluding carboxylic acids is 2. The molecule has 1 atom stereocenters. The number of alkyl carbamates (subject to hydrolysis) is 1. The van der Waals surface area contributed by atoms with E-state index in [9.17, 15) is 9.59 Å². The van der Waals surface area contributed by atoms with E-state index in [1.54, 1.807) is 18.2 Å². The minimum atomic E-state index is -0.868. The summed E-state index contributed by atoms with van der Waals surface area (Å²) in [5.74, 6) is -0.556. The molecule has 0 aliphatic heterocycles. The summed E-state index contributed by atoms with van der Waals surface area (Å²) in [6, 6.07) is 4.11. The van der Waals surface area contributed by atoms with E-state index in [1.807, 2.05) is 0 Å². The first-order chi connectivity index (χ1) is 11.0. The Morgan fingerprint density at radius 3 is 2.61 bits per heavy atom. The summed E-state index contributed by atoms with van der Waals surface area (Å²) in [4.78, 5) is 23.9. The van der Waals surface area contributed by atoms with Crippen LogP contribution in [-0.2, 0) is 20.7 Å². The number of rotatable bonds is 5. The zero-order valence-corrected chi connectivity index (χ0v) is 14.3. The maximum atomic E-state index is 12.0. The van der Waals surface area contributed by atoms with Gasteiger partial charge >= 0.3 is 12.1 Å². The zero-order chi connectivity index (χ0) is 16.8. The van der Waals surface area contributed by atoms with E-state index in [0.29, 0.717) is 15.6 Å². The first-order valence-corrected chi connectivity index (χ1v) is 8.24. The largest absolute Gasteiger partial charge is 0.467 e. The van der Waals surface area contributed by atoms with Gasteiger partial charge < -0.3 is 14.8 Å². The lowest BCUT2D eigenvalue weighted by Crippen LogP contribution is -2.44. The number of benzene rings is 1. The highest BCUT2D eigenvalue weighted by Gasteiger charge is 2.26. The molecule has 1 N–H and O–H groups in total. The van der Waals surface area contributed by atoms with Crippen LogP contribution in [0.5, 0.6) is 0 Å². The average molecular weight is 360 g/mol. The number of hydrogen-bond acceptors (Lipinski definition) is 4. The van der Waals surface area contributed by atoms with Crippen LogP contribution in [0.3, 0.4) is 0 Å². The van der Waals surface area contributed by atoms with Gasteiger partial charge in [-0.1, -0.05) is 29.3 Å². The third kappa shape index (κ3) is 5.29.